The number of rotatable bonds is 6. The zero-order valence-electron chi connectivity index (χ0n) is 15.8. The van der Waals surface area contributed by atoms with Crippen molar-refractivity contribution in [2.24, 2.45) is 0 Å². The topological polar surface area (TPSA) is 55.8 Å². The van der Waals surface area contributed by atoms with E-state index in [1.807, 2.05) is 50.2 Å². The summed E-state index contributed by atoms with van der Waals surface area (Å²) in [4.78, 5) is 27.0. The lowest BCUT2D eigenvalue weighted by atomic mass is 10.1. The van der Waals surface area contributed by atoms with Crippen LogP contribution in [0.25, 0.3) is 0 Å². The first kappa shape index (κ1) is 19.0. The number of carbonyl (C=O) groups is 2. The highest BCUT2D eigenvalue weighted by atomic mass is 16.6. The van der Waals surface area contributed by atoms with Crippen LogP contribution in [0.3, 0.4) is 0 Å². The number of benzene rings is 2. The van der Waals surface area contributed by atoms with Gasteiger partial charge in [-0.3, -0.25) is 4.79 Å². The molecule has 5 heteroatoms. The number of hydrogen-bond acceptors (Lipinski definition) is 4. The smallest absolute Gasteiger partial charge is 0.345 e. The van der Waals surface area contributed by atoms with Crippen LogP contribution < -0.4 is 4.74 Å². The number of ether oxygens (including phenoxy) is 2. The molecule has 142 valence electrons. The summed E-state index contributed by atoms with van der Waals surface area (Å²) < 4.78 is 11.1. The summed E-state index contributed by atoms with van der Waals surface area (Å²) in [5.74, 6) is -0.111. The number of aryl methyl sites for hydroxylation is 2. The number of esters is 1. The highest BCUT2D eigenvalue weighted by Crippen LogP contribution is 2.23. The second-order valence-electron chi connectivity index (χ2n) is 6.93. The molecule has 0 radical (unpaired) electrons. The fourth-order valence-electron chi connectivity index (χ4n) is 3.32. The molecule has 1 aliphatic heterocycles. The molecular weight excluding hydrogens is 342 g/mol. The quantitative estimate of drug-likeness (QED) is 0.732. The molecule has 1 saturated heterocycles. The minimum absolute atomic E-state index is 0.168. The first-order valence-corrected chi connectivity index (χ1v) is 9.27. The number of amides is 1. The fraction of sp³-hybridized carbons (Fsp3) is 0.364. The molecule has 0 spiro atoms. The Morgan fingerprint density at radius 1 is 1.00 bits per heavy atom. The third-order valence-electron chi connectivity index (χ3n) is 4.55. The first-order valence-electron chi connectivity index (χ1n) is 9.27. The van der Waals surface area contributed by atoms with Crippen LogP contribution in [0.5, 0.6) is 5.75 Å². The van der Waals surface area contributed by atoms with Gasteiger partial charge in [0.1, 0.15) is 5.75 Å². The van der Waals surface area contributed by atoms with Crippen LogP contribution in [0.15, 0.2) is 48.5 Å². The predicted molar refractivity (Wildman–Crippen MR) is 103 cm³/mol. The molecule has 1 aliphatic rings. The minimum atomic E-state index is -0.931. The molecule has 5 nitrogen and oxygen atoms in total. The average molecular weight is 367 g/mol. The molecule has 1 fully saturated rings. The lowest BCUT2D eigenvalue weighted by Gasteiger charge is -2.23. The van der Waals surface area contributed by atoms with Gasteiger partial charge >= 0.3 is 5.97 Å². The Hall–Kier alpha value is -2.82. The lowest BCUT2D eigenvalue weighted by Crippen LogP contribution is -2.35. The molecule has 0 N–H and O–H groups in total. The maximum Gasteiger partial charge on any atom is 0.345 e. The van der Waals surface area contributed by atoms with Crippen molar-refractivity contribution in [3.8, 4) is 5.75 Å². The second-order valence-corrected chi connectivity index (χ2v) is 6.93. The van der Waals surface area contributed by atoms with Gasteiger partial charge in [-0.15, -0.1) is 0 Å². The summed E-state index contributed by atoms with van der Waals surface area (Å²) in [6.07, 6.45) is 1.04. The minimum Gasteiger partial charge on any atom is -0.482 e. The van der Waals surface area contributed by atoms with Crippen molar-refractivity contribution in [2.75, 3.05) is 19.7 Å². The molecule has 2 aromatic carbocycles. The standard InChI is InChI=1S/C22H25NO4/c1-16-12-17(2)14-19(13-16)26-15-20(24)27-21(18-8-4-3-5-9-18)22(25)23-10-6-7-11-23/h3-5,8-9,12-14,21H,6-7,10-11,15H2,1-2H3/t21-/m1/s1. The molecular formula is C22H25NO4. The monoisotopic (exact) mass is 367 g/mol. The summed E-state index contributed by atoms with van der Waals surface area (Å²) in [7, 11) is 0. The number of likely N-dealkylation sites (tertiary alicyclic amines) is 1. The number of carbonyl (C=O) groups excluding carboxylic acids is 2. The summed E-state index contributed by atoms with van der Waals surface area (Å²) in [6, 6.07) is 14.9. The van der Waals surface area contributed by atoms with Gasteiger partial charge in [0.2, 0.25) is 6.10 Å². The Balaban J connectivity index is 1.67. The van der Waals surface area contributed by atoms with Crippen LogP contribution in [0, 0.1) is 13.8 Å². The summed E-state index contributed by atoms with van der Waals surface area (Å²) >= 11 is 0. The Kier molecular flexibility index (Phi) is 6.12. The summed E-state index contributed by atoms with van der Waals surface area (Å²) in [6.45, 7) is 5.12. The Labute approximate surface area is 159 Å². The first-order chi connectivity index (χ1) is 13.0. The summed E-state index contributed by atoms with van der Waals surface area (Å²) in [5, 5.41) is 0. The number of hydrogen-bond donors (Lipinski definition) is 0. The Bertz CT molecular complexity index is 777. The van der Waals surface area contributed by atoms with Crippen molar-refractivity contribution in [3.63, 3.8) is 0 Å². The van der Waals surface area contributed by atoms with E-state index in [1.54, 1.807) is 17.0 Å². The van der Waals surface area contributed by atoms with Crippen LogP contribution >= 0.6 is 0 Å². The molecule has 1 amide bonds. The van der Waals surface area contributed by atoms with E-state index in [0.717, 1.165) is 24.0 Å². The predicted octanol–water partition coefficient (Wildman–Crippen LogP) is 3.59. The van der Waals surface area contributed by atoms with E-state index in [9.17, 15) is 9.59 Å². The highest BCUT2D eigenvalue weighted by Gasteiger charge is 2.31. The van der Waals surface area contributed by atoms with Gasteiger partial charge in [0, 0.05) is 18.7 Å². The van der Waals surface area contributed by atoms with Gasteiger partial charge in [-0.25, -0.2) is 4.79 Å². The van der Waals surface area contributed by atoms with Gasteiger partial charge in [0.25, 0.3) is 5.91 Å². The average Bonchev–Trinajstić information content (AvgIpc) is 3.19. The Morgan fingerprint density at radius 2 is 1.63 bits per heavy atom. The van der Waals surface area contributed by atoms with E-state index >= 15 is 0 Å². The van der Waals surface area contributed by atoms with Gasteiger partial charge in [-0.2, -0.15) is 0 Å². The van der Waals surface area contributed by atoms with Gasteiger partial charge in [-0.1, -0.05) is 36.4 Å². The van der Waals surface area contributed by atoms with Gasteiger partial charge in [-0.05, 0) is 49.9 Å². The maximum absolute atomic E-state index is 12.9. The Morgan fingerprint density at radius 3 is 2.26 bits per heavy atom. The number of nitrogens with zero attached hydrogens (tertiary/aromatic N) is 1. The van der Waals surface area contributed by atoms with E-state index in [2.05, 4.69) is 0 Å². The SMILES string of the molecule is Cc1cc(C)cc(OCC(=O)O[C@@H](C(=O)N2CCCC2)c2ccccc2)c1. The zero-order valence-corrected chi connectivity index (χ0v) is 15.8. The molecule has 0 bridgehead atoms. The van der Waals surface area contributed by atoms with Gasteiger partial charge in [0.05, 0.1) is 0 Å². The van der Waals surface area contributed by atoms with E-state index < -0.39 is 12.1 Å². The normalized spacial score (nSPS) is 14.7. The van der Waals surface area contributed by atoms with Crippen LogP contribution in [0.2, 0.25) is 0 Å². The highest BCUT2D eigenvalue weighted by molar-refractivity contribution is 5.85. The van der Waals surface area contributed by atoms with Crippen molar-refractivity contribution >= 4 is 11.9 Å². The van der Waals surface area contributed by atoms with Crippen LogP contribution in [-0.4, -0.2) is 36.5 Å². The summed E-state index contributed by atoms with van der Waals surface area (Å²) in [5.41, 5.74) is 2.80. The van der Waals surface area contributed by atoms with Crippen LogP contribution in [-0.2, 0) is 14.3 Å². The van der Waals surface area contributed by atoms with E-state index in [-0.39, 0.29) is 12.5 Å². The van der Waals surface area contributed by atoms with Crippen molar-refractivity contribution in [2.45, 2.75) is 32.8 Å². The zero-order chi connectivity index (χ0) is 19.2. The lowest BCUT2D eigenvalue weighted by molar-refractivity contribution is -0.162. The van der Waals surface area contributed by atoms with E-state index in [0.29, 0.717) is 24.4 Å². The molecule has 1 heterocycles. The van der Waals surface area contributed by atoms with Crippen LogP contribution in [0.4, 0.5) is 0 Å². The third kappa shape index (κ3) is 5.09. The molecule has 0 saturated carbocycles. The third-order valence-corrected chi connectivity index (χ3v) is 4.55. The molecule has 0 unspecified atom stereocenters. The van der Waals surface area contributed by atoms with Crippen LogP contribution in [0.1, 0.15) is 35.6 Å². The molecule has 0 aliphatic carbocycles. The largest absolute Gasteiger partial charge is 0.482 e. The molecule has 0 aromatic heterocycles. The van der Waals surface area contributed by atoms with E-state index in [1.165, 1.54) is 0 Å². The van der Waals surface area contributed by atoms with Gasteiger partial charge in [0.15, 0.2) is 6.61 Å². The van der Waals surface area contributed by atoms with E-state index in [4.69, 9.17) is 9.47 Å². The van der Waals surface area contributed by atoms with Gasteiger partial charge < -0.3 is 14.4 Å². The maximum atomic E-state index is 12.9. The molecule has 1 atom stereocenters. The molecule has 2 aromatic rings. The molecule has 27 heavy (non-hydrogen) atoms. The van der Waals surface area contributed by atoms with Crippen molar-refractivity contribution in [1.82, 2.24) is 4.90 Å². The van der Waals surface area contributed by atoms with Crippen molar-refractivity contribution in [3.05, 3.63) is 65.2 Å². The van der Waals surface area contributed by atoms with Crippen molar-refractivity contribution in [1.29, 1.82) is 0 Å². The fourth-order valence-corrected chi connectivity index (χ4v) is 3.32. The van der Waals surface area contributed by atoms with Crippen molar-refractivity contribution < 1.29 is 19.1 Å². The second kappa shape index (κ2) is 8.71. The molecule has 3 rings (SSSR count).